The number of nitro benzene ring substituents is 1. The number of carbonyl (C=O) groups is 1. The van der Waals surface area contributed by atoms with Gasteiger partial charge in [-0.3, -0.25) is 14.9 Å². The molecule has 0 aliphatic rings. The van der Waals surface area contributed by atoms with Crippen LogP contribution >= 0.6 is 0 Å². The fourth-order valence-corrected chi connectivity index (χ4v) is 1.77. The number of carbonyl (C=O) groups excluding carboxylic acids is 1. The molecule has 2 aromatic carbocycles. The van der Waals surface area contributed by atoms with E-state index >= 15 is 0 Å². The van der Waals surface area contributed by atoms with Crippen LogP contribution in [0.5, 0.6) is 11.5 Å². The molecule has 0 unspecified atom stereocenters. The Morgan fingerprint density at radius 2 is 1.90 bits per heavy atom. The van der Waals surface area contributed by atoms with Crippen LogP contribution in [-0.4, -0.2) is 10.7 Å². The lowest BCUT2D eigenvalue weighted by atomic mass is 10.1. The summed E-state index contributed by atoms with van der Waals surface area (Å²) >= 11 is 0. The van der Waals surface area contributed by atoms with Gasteiger partial charge in [-0.25, -0.2) is 4.39 Å². The highest BCUT2D eigenvalue weighted by atomic mass is 19.1. The van der Waals surface area contributed by atoms with Crippen molar-refractivity contribution in [3.63, 3.8) is 0 Å². The lowest BCUT2D eigenvalue weighted by molar-refractivity contribution is -0.385. The van der Waals surface area contributed by atoms with Crippen LogP contribution in [0.15, 0.2) is 42.5 Å². The first kappa shape index (κ1) is 14.6. The second-order valence-electron chi connectivity index (χ2n) is 4.25. The number of benzene rings is 2. The van der Waals surface area contributed by atoms with Crippen molar-refractivity contribution in [1.82, 2.24) is 0 Å². The Kier molecular flexibility index (Phi) is 4.27. The van der Waals surface area contributed by atoms with E-state index in [4.69, 9.17) is 4.74 Å². The van der Waals surface area contributed by atoms with E-state index in [1.165, 1.54) is 30.3 Å². The van der Waals surface area contributed by atoms with Crippen molar-refractivity contribution in [3.8, 4) is 11.5 Å². The molecular weight excluding hydrogens is 277 g/mol. The van der Waals surface area contributed by atoms with Crippen molar-refractivity contribution < 1.29 is 18.8 Å². The van der Waals surface area contributed by atoms with Crippen LogP contribution in [0.1, 0.15) is 23.7 Å². The number of rotatable bonds is 5. The molecule has 0 aromatic heterocycles. The largest absolute Gasteiger partial charge is 0.447 e. The van der Waals surface area contributed by atoms with E-state index in [1.807, 2.05) is 0 Å². The van der Waals surface area contributed by atoms with Gasteiger partial charge in [0.25, 0.3) is 0 Å². The normalized spacial score (nSPS) is 10.2. The third-order valence-electron chi connectivity index (χ3n) is 2.86. The van der Waals surface area contributed by atoms with Crippen molar-refractivity contribution in [1.29, 1.82) is 0 Å². The van der Waals surface area contributed by atoms with Crippen molar-refractivity contribution in [2.75, 3.05) is 0 Å². The number of nitrogens with zero attached hydrogens (tertiary/aromatic N) is 1. The van der Waals surface area contributed by atoms with E-state index < -0.39 is 22.2 Å². The highest BCUT2D eigenvalue weighted by Crippen LogP contribution is 2.33. The third kappa shape index (κ3) is 3.22. The summed E-state index contributed by atoms with van der Waals surface area (Å²) in [5, 5.41) is 10.9. The molecule has 21 heavy (non-hydrogen) atoms. The van der Waals surface area contributed by atoms with E-state index in [2.05, 4.69) is 0 Å². The number of para-hydroxylation sites is 1. The van der Waals surface area contributed by atoms with Crippen LogP contribution in [0.2, 0.25) is 0 Å². The van der Waals surface area contributed by atoms with Gasteiger partial charge < -0.3 is 4.74 Å². The minimum atomic E-state index is -0.821. The molecule has 0 spiro atoms. The van der Waals surface area contributed by atoms with E-state index in [0.29, 0.717) is 12.0 Å². The molecule has 0 heterocycles. The Balaban J connectivity index is 2.30. The molecule has 0 aliphatic heterocycles. The van der Waals surface area contributed by atoms with Crippen LogP contribution in [0.25, 0.3) is 0 Å². The number of Topliss-reactive ketones (excluding diaryl/α,β-unsaturated/α-hetero) is 1. The Morgan fingerprint density at radius 3 is 2.48 bits per heavy atom. The SMILES string of the molecule is CCC(=O)c1ccc(Oc2c(F)cccc2[N+](=O)[O-])cc1. The molecule has 6 heteroatoms. The van der Waals surface area contributed by atoms with Crippen LogP contribution in [0, 0.1) is 15.9 Å². The van der Waals surface area contributed by atoms with E-state index in [-0.39, 0.29) is 11.5 Å². The van der Waals surface area contributed by atoms with Crippen molar-refractivity contribution in [3.05, 3.63) is 64.0 Å². The molecule has 0 amide bonds. The lowest BCUT2D eigenvalue weighted by Gasteiger charge is -2.07. The van der Waals surface area contributed by atoms with Crippen molar-refractivity contribution in [2.45, 2.75) is 13.3 Å². The molecule has 0 fully saturated rings. The van der Waals surface area contributed by atoms with Crippen LogP contribution < -0.4 is 4.74 Å². The summed E-state index contributed by atoms with van der Waals surface area (Å²) in [4.78, 5) is 21.6. The van der Waals surface area contributed by atoms with Crippen LogP contribution in [-0.2, 0) is 0 Å². The molecule has 0 aliphatic carbocycles. The molecule has 0 saturated heterocycles. The fourth-order valence-electron chi connectivity index (χ4n) is 1.77. The Labute approximate surface area is 120 Å². The van der Waals surface area contributed by atoms with Gasteiger partial charge in [0, 0.05) is 18.1 Å². The monoisotopic (exact) mass is 289 g/mol. The zero-order valence-electron chi connectivity index (χ0n) is 11.2. The topological polar surface area (TPSA) is 69.4 Å². The van der Waals surface area contributed by atoms with Crippen molar-refractivity contribution >= 4 is 11.5 Å². The first-order valence-electron chi connectivity index (χ1n) is 6.27. The van der Waals surface area contributed by atoms with Gasteiger partial charge in [-0.05, 0) is 30.3 Å². The zero-order chi connectivity index (χ0) is 15.4. The number of ketones is 1. The number of hydrogen-bond donors (Lipinski definition) is 0. The van der Waals surface area contributed by atoms with Crippen molar-refractivity contribution in [2.24, 2.45) is 0 Å². The molecule has 0 N–H and O–H groups in total. The van der Waals surface area contributed by atoms with Gasteiger partial charge in [-0.2, -0.15) is 0 Å². The smallest absolute Gasteiger partial charge is 0.314 e. The highest BCUT2D eigenvalue weighted by Gasteiger charge is 2.20. The van der Waals surface area contributed by atoms with Gasteiger partial charge in [0.05, 0.1) is 4.92 Å². The average molecular weight is 289 g/mol. The molecular formula is C15H12FNO4. The quantitative estimate of drug-likeness (QED) is 0.471. The maximum Gasteiger partial charge on any atom is 0.314 e. The van der Waals surface area contributed by atoms with Gasteiger partial charge in [0.2, 0.25) is 5.75 Å². The summed E-state index contributed by atoms with van der Waals surface area (Å²) in [6, 6.07) is 9.49. The summed E-state index contributed by atoms with van der Waals surface area (Å²) < 4.78 is 18.9. The Bertz CT molecular complexity index is 683. The first-order chi connectivity index (χ1) is 10.0. The summed E-state index contributed by atoms with van der Waals surface area (Å²) in [6.07, 6.45) is 0.374. The third-order valence-corrected chi connectivity index (χ3v) is 2.86. The summed E-state index contributed by atoms with van der Waals surface area (Å²) in [6.45, 7) is 1.75. The minimum Gasteiger partial charge on any atom is -0.447 e. The van der Waals surface area contributed by atoms with E-state index in [0.717, 1.165) is 12.1 Å². The van der Waals surface area contributed by atoms with E-state index in [9.17, 15) is 19.3 Å². The maximum atomic E-state index is 13.7. The standard InChI is InChI=1S/C15H12FNO4/c1-2-14(18)10-6-8-11(9-7-10)21-15-12(16)4-3-5-13(15)17(19)20/h3-9H,2H2,1H3. The van der Waals surface area contributed by atoms with Gasteiger partial charge in [-0.15, -0.1) is 0 Å². The van der Waals surface area contributed by atoms with Gasteiger partial charge >= 0.3 is 5.69 Å². The first-order valence-corrected chi connectivity index (χ1v) is 6.27. The molecule has 2 aromatic rings. The Morgan fingerprint density at radius 1 is 1.24 bits per heavy atom. The second-order valence-corrected chi connectivity index (χ2v) is 4.25. The molecule has 0 bridgehead atoms. The molecule has 0 saturated carbocycles. The summed E-state index contributed by atoms with van der Waals surface area (Å²) in [5.74, 6) is -1.08. The van der Waals surface area contributed by atoms with Gasteiger partial charge in [0.1, 0.15) is 5.75 Å². The molecule has 0 radical (unpaired) electrons. The minimum absolute atomic E-state index is 0.0292. The average Bonchev–Trinajstić information content (AvgIpc) is 2.49. The van der Waals surface area contributed by atoms with Crippen LogP contribution in [0.3, 0.4) is 0 Å². The Hall–Kier alpha value is -2.76. The number of nitro groups is 1. The fraction of sp³-hybridized carbons (Fsp3) is 0.133. The summed E-state index contributed by atoms with van der Waals surface area (Å²) in [7, 11) is 0. The highest BCUT2D eigenvalue weighted by molar-refractivity contribution is 5.95. The van der Waals surface area contributed by atoms with Crippen LogP contribution in [0.4, 0.5) is 10.1 Å². The maximum absolute atomic E-state index is 13.7. The van der Waals surface area contributed by atoms with E-state index in [1.54, 1.807) is 6.92 Å². The molecule has 2 rings (SSSR count). The second kappa shape index (κ2) is 6.13. The summed E-state index contributed by atoms with van der Waals surface area (Å²) in [5.41, 5.74) is 0.0524. The number of ether oxygens (including phenoxy) is 1. The lowest BCUT2D eigenvalue weighted by Crippen LogP contribution is -1.98. The number of hydrogen-bond acceptors (Lipinski definition) is 4. The van der Waals surface area contributed by atoms with Gasteiger partial charge in [0.15, 0.2) is 11.6 Å². The molecule has 5 nitrogen and oxygen atoms in total. The predicted molar refractivity (Wildman–Crippen MR) is 74.2 cm³/mol. The number of halogens is 1. The molecule has 0 atom stereocenters. The molecule has 108 valence electrons. The zero-order valence-corrected chi connectivity index (χ0v) is 11.2. The predicted octanol–water partition coefficient (Wildman–Crippen LogP) is 4.12. The van der Waals surface area contributed by atoms with Gasteiger partial charge in [-0.1, -0.05) is 13.0 Å².